The molecule has 2 bridgehead atoms. The molecule has 398 valence electrons. The van der Waals surface area contributed by atoms with Gasteiger partial charge in [0.05, 0.1) is 0 Å². The van der Waals surface area contributed by atoms with Gasteiger partial charge in [0.2, 0.25) is 0 Å². The largest absolute Gasteiger partial charge is 0.122 e. The molecule has 0 aromatic heterocycles. The number of hydrogen-bond acceptors (Lipinski definition) is 0. The Morgan fingerprint density at radius 3 is 0.629 bits per heavy atom. The lowest BCUT2D eigenvalue weighted by molar-refractivity contribution is 0.588. The smallest absolute Gasteiger partial charge is 0.0795 e. The van der Waals surface area contributed by atoms with Crippen LogP contribution in [0.5, 0.6) is 0 Å². The van der Waals surface area contributed by atoms with Gasteiger partial charge in [-0.2, -0.15) is 0 Å². The maximum Gasteiger partial charge on any atom is 0.122 e. The highest BCUT2D eigenvalue weighted by molar-refractivity contribution is 7.52. The van der Waals surface area contributed by atoms with E-state index >= 15 is 0 Å². The molecular formula is C60H118Si10. The zero-order valence-electron chi connectivity index (χ0n) is 53.4. The molecule has 0 unspecified atom stereocenters. The minimum Gasteiger partial charge on any atom is -0.0795 e. The van der Waals surface area contributed by atoms with Crippen LogP contribution in [0, 0.1) is 0 Å². The second-order valence-electron chi connectivity index (χ2n) is 34.9. The molecule has 0 atom stereocenters. The van der Waals surface area contributed by atoms with Gasteiger partial charge >= 0.3 is 0 Å². The van der Waals surface area contributed by atoms with E-state index in [2.05, 4.69) is 271 Å². The first-order valence-corrected chi connectivity index (χ1v) is 61.6. The van der Waals surface area contributed by atoms with E-state index in [0.29, 0.717) is 9.32 Å². The van der Waals surface area contributed by atoms with E-state index in [1.165, 1.54) is 25.7 Å². The molecule has 4 heterocycles. The zero-order valence-corrected chi connectivity index (χ0v) is 63.4. The normalized spacial score (nSPS) is 25.1. The molecule has 0 aliphatic carbocycles. The highest BCUT2D eigenvalue weighted by Gasteiger charge is 3.16. The third-order valence-electron chi connectivity index (χ3n) is 19.3. The second kappa shape index (κ2) is 17.9. The van der Waals surface area contributed by atoms with E-state index in [9.17, 15) is 0 Å². The van der Waals surface area contributed by atoms with E-state index in [1.807, 2.05) is 22.3 Å². The predicted molar refractivity (Wildman–Crippen MR) is 352 cm³/mol. The Bertz CT molecular complexity index is 2010. The minimum atomic E-state index is -2.39. The Kier molecular flexibility index (Phi) is 15.7. The van der Waals surface area contributed by atoms with Crippen molar-refractivity contribution in [1.29, 1.82) is 0 Å². The van der Waals surface area contributed by atoms with Gasteiger partial charge in [0.1, 0.15) is 16.1 Å². The summed E-state index contributed by atoms with van der Waals surface area (Å²) < 4.78 is 0.912. The fourth-order valence-corrected chi connectivity index (χ4v) is 99.9. The molecule has 2 aromatic carbocycles. The maximum absolute atomic E-state index is 2.99. The van der Waals surface area contributed by atoms with Crippen molar-refractivity contribution in [3.05, 3.63) is 68.0 Å². The fraction of sp³-hybridized carbons (Fsp3) is 0.767. The van der Waals surface area contributed by atoms with E-state index in [4.69, 9.17) is 0 Å². The summed E-state index contributed by atoms with van der Waals surface area (Å²) in [4.78, 5) is 0. The van der Waals surface area contributed by atoms with Crippen molar-refractivity contribution >= 4 is 91.1 Å². The van der Waals surface area contributed by atoms with Crippen LogP contribution in [0.2, 0.25) is 166 Å². The Morgan fingerprint density at radius 1 is 0.343 bits per heavy atom. The molecule has 0 nitrogen and oxygen atoms in total. The molecule has 0 amide bonds. The first kappa shape index (κ1) is 61.2. The lowest BCUT2D eigenvalue weighted by atomic mass is 9.85. The summed E-state index contributed by atoms with van der Waals surface area (Å²) in [6.07, 6.45) is 5.36. The molecule has 2 saturated heterocycles. The molecule has 70 heavy (non-hydrogen) atoms. The first-order valence-electron chi connectivity index (χ1n) is 29.0. The summed E-state index contributed by atoms with van der Waals surface area (Å²) in [7, 11) is -18.6. The van der Waals surface area contributed by atoms with Crippen LogP contribution in [-0.4, -0.2) is 80.7 Å². The van der Waals surface area contributed by atoms with Crippen LogP contribution in [0.3, 0.4) is 0 Å². The average Bonchev–Trinajstić information content (AvgIpc) is 3.77. The van der Waals surface area contributed by atoms with Crippen molar-refractivity contribution in [1.82, 2.24) is 0 Å². The summed E-state index contributed by atoms with van der Waals surface area (Å²) in [6, 6.07) is 12.0. The second-order valence-corrected chi connectivity index (χ2v) is 89.3. The topological polar surface area (TPSA) is 0 Å². The van der Waals surface area contributed by atoms with Crippen molar-refractivity contribution in [2.75, 3.05) is 0 Å². The summed E-state index contributed by atoms with van der Waals surface area (Å²) in [5.41, 5.74) is 11.3. The number of rotatable bonds is 18. The van der Waals surface area contributed by atoms with Crippen LogP contribution >= 0.6 is 0 Å². The van der Waals surface area contributed by atoms with Crippen LogP contribution < -0.4 is 10.4 Å². The fourth-order valence-electron chi connectivity index (χ4n) is 20.1. The summed E-state index contributed by atoms with van der Waals surface area (Å²) in [6.45, 7) is 93.5. The third kappa shape index (κ3) is 8.83. The Hall–Kier alpha value is 0.349. The van der Waals surface area contributed by atoms with Crippen LogP contribution in [0.1, 0.15) is 149 Å². The van der Waals surface area contributed by atoms with E-state index in [0.717, 1.165) is 20.7 Å². The Morgan fingerprint density at radius 2 is 0.514 bits per heavy atom. The van der Waals surface area contributed by atoms with Gasteiger partial charge in [0, 0.05) is 64.6 Å². The van der Waals surface area contributed by atoms with E-state index in [1.54, 1.807) is 11.1 Å². The molecule has 0 spiro atoms. The molecule has 4 aliphatic rings. The molecule has 0 radical (unpaired) electrons. The van der Waals surface area contributed by atoms with Gasteiger partial charge in [-0.1, -0.05) is 274 Å². The highest BCUT2D eigenvalue weighted by Crippen LogP contribution is 3.12. The molecule has 2 aromatic rings. The van der Waals surface area contributed by atoms with Gasteiger partial charge < -0.3 is 0 Å². The minimum absolute atomic E-state index is 0.0989. The monoisotopic (exact) mass is 1120 g/mol. The Balaban J connectivity index is 2.29. The van der Waals surface area contributed by atoms with Gasteiger partial charge in [0.15, 0.2) is 0 Å². The van der Waals surface area contributed by atoms with Crippen LogP contribution in [0.4, 0.5) is 0 Å². The lowest BCUT2D eigenvalue weighted by Crippen LogP contribution is -2.65. The summed E-state index contributed by atoms with van der Waals surface area (Å²) in [5, 5.41) is 11.5. The third-order valence-corrected chi connectivity index (χ3v) is 75.2. The predicted octanol–water partition coefficient (Wildman–Crippen LogP) is 19.3. The first-order chi connectivity index (χ1) is 30.9. The van der Waals surface area contributed by atoms with E-state index < -0.39 is 80.7 Å². The standard InChI is InChI=1S/C60H118Si10/c1-35-49-50(36-2)70(52-47(55(65(23,24)25)66(26,27)28)41-44(58(8,9)10)42-48(52)56(67(29,30)31)68(32,33)34)59(37-3)60(70,38-4)69(49,59)51-45(53(61(11,12)13)62(14,15)16)39-43(57(5,6)7)40-46(51)54(63(17,18)19)64(20,21)22/h39-42,53-56H,35-38H2,1-34H3. The quantitative estimate of drug-likeness (QED) is 0.131. The molecule has 4 aliphatic heterocycles. The van der Waals surface area contributed by atoms with Crippen molar-refractivity contribution in [3.63, 3.8) is 0 Å². The van der Waals surface area contributed by atoms with Gasteiger partial charge in [-0.05, 0) is 97.4 Å². The van der Waals surface area contributed by atoms with Crippen molar-refractivity contribution in [2.45, 2.75) is 293 Å². The summed E-state index contributed by atoms with van der Waals surface area (Å²) >= 11 is 0. The van der Waals surface area contributed by atoms with Gasteiger partial charge in [-0.15, -0.1) is 0 Å². The average molecular weight is 1120 g/mol. The molecular weight excluding hydrogens is 1000 g/mol. The van der Waals surface area contributed by atoms with E-state index in [-0.39, 0.29) is 10.8 Å². The highest BCUT2D eigenvalue weighted by atomic mass is 28.5. The zero-order chi connectivity index (χ0) is 54.7. The number of allylic oxidation sites excluding steroid dienone is 2. The molecule has 10 heteroatoms. The lowest BCUT2D eigenvalue weighted by Gasteiger charge is -2.50. The van der Waals surface area contributed by atoms with Gasteiger partial charge in [0.25, 0.3) is 0 Å². The van der Waals surface area contributed by atoms with Crippen LogP contribution in [-0.2, 0) is 10.8 Å². The summed E-state index contributed by atoms with van der Waals surface area (Å²) in [5.74, 6) is 0. The van der Waals surface area contributed by atoms with Crippen LogP contribution in [0.25, 0.3) is 0 Å². The number of hydrogen-bond donors (Lipinski definition) is 0. The Labute approximate surface area is 448 Å². The van der Waals surface area contributed by atoms with Crippen molar-refractivity contribution < 1.29 is 0 Å². The molecule has 2 fully saturated rings. The molecule has 0 saturated carbocycles. The van der Waals surface area contributed by atoms with Crippen LogP contribution in [0.15, 0.2) is 34.7 Å². The van der Waals surface area contributed by atoms with Crippen molar-refractivity contribution in [2.24, 2.45) is 0 Å². The molecule has 6 rings (SSSR count). The number of benzene rings is 2. The van der Waals surface area contributed by atoms with Gasteiger partial charge in [-0.25, -0.2) is 0 Å². The molecule has 0 N–H and O–H groups in total. The van der Waals surface area contributed by atoms with Gasteiger partial charge in [-0.3, -0.25) is 0 Å². The SMILES string of the molecule is CCC1=C(CC)[Si]2(c3c(C([Si](C)(C)C)[Si](C)(C)C)cc(C(C)(C)C)cc3C([Si](C)(C)C)[Si](C)(C)C)C3(CC)C2(CC)[Si]13c1c(C([Si](C)(C)C)[Si](C)(C)C)cc(C(C)(C)C)cc1C([Si](C)(C)C)[Si](C)(C)C. The maximum atomic E-state index is 2.99. The van der Waals surface area contributed by atoms with Crippen molar-refractivity contribution in [3.8, 4) is 0 Å².